The van der Waals surface area contributed by atoms with Crippen LogP contribution in [-0.2, 0) is 30.0 Å². The van der Waals surface area contributed by atoms with Gasteiger partial charge in [-0.1, -0.05) is 11.6 Å². The van der Waals surface area contributed by atoms with E-state index in [-0.39, 0.29) is 4.90 Å². The molecule has 0 spiro atoms. The van der Waals surface area contributed by atoms with Crippen molar-refractivity contribution < 1.29 is 8.42 Å². The number of hydrogen-bond donors (Lipinski definition) is 0. The Hall–Kier alpha value is -1.37. The first kappa shape index (κ1) is 14.6. The predicted octanol–water partition coefficient (Wildman–Crippen LogP) is 2.13. The molecular formula is C14H16ClN3O2S. The molecule has 0 saturated carbocycles. The Morgan fingerprint density at radius 3 is 2.57 bits per heavy atom. The van der Waals surface area contributed by atoms with Crippen LogP contribution in [0.15, 0.2) is 29.2 Å². The summed E-state index contributed by atoms with van der Waals surface area (Å²) < 4.78 is 28.6. The van der Waals surface area contributed by atoms with E-state index in [1.54, 1.807) is 28.9 Å². The van der Waals surface area contributed by atoms with Crippen LogP contribution in [0, 0.1) is 6.92 Å². The summed E-state index contributed by atoms with van der Waals surface area (Å²) in [5, 5.41) is 4.90. The standard InChI is InChI=1S/C14H16ClN3O2S/c1-10-13-7-8-18(9-14(13)17(2)16-10)21(19,20)12-5-3-11(15)4-6-12/h3-6H,7-9H2,1-2H3. The zero-order valence-electron chi connectivity index (χ0n) is 11.9. The van der Waals surface area contributed by atoms with Crippen molar-refractivity contribution in [2.45, 2.75) is 24.8 Å². The minimum absolute atomic E-state index is 0.272. The predicted molar refractivity (Wildman–Crippen MR) is 80.7 cm³/mol. The van der Waals surface area contributed by atoms with Crippen molar-refractivity contribution in [3.05, 3.63) is 46.2 Å². The van der Waals surface area contributed by atoms with Gasteiger partial charge in [-0.25, -0.2) is 8.42 Å². The summed E-state index contributed by atoms with van der Waals surface area (Å²) in [4.78, 5) is 0.272. The Morgan fingerprint density at radius 1 is 1.24 bits per heavy atom. The summed E-state index contributed by atoms with van der Waals surface area (Å²) in [6.07, 6.45) is 0.696. The van der Waals surface area contributed by atoms with E-state index in [4.69, 9.17) is 11.6 Å². The number of benzene rings is 1. The van der Waals surface area contributed by atoms with Gasteiger partial charge in [-0.3, -0.25) is 4.68 Å². The van der Waals surface area contributed by atoms with E-state index in [0.29, 0.717) is 24.5 Å². The molecule has 0 bridgehead atoms. The largest absolute Gasteiger partial charge is 0.271 e. The second kappa shape index (κ2) is 5.12. The number of nitrogens with zero attached hydrogens (tertiary/aromatic N) is 3. The molecule has 0 atom stereocenters. The average molecular weight is 326 g/mol. The number of hydrogen-bond acceptors (Lipinski definition) is 3. The summed E-state index contributed by atoms with van der Waals surface area (Å²) in [7, 11) is -1.64. The second-order valence-corrected chi connectivity index (χ2v) is 7.55. The van der Waals surface area contributed by atoms with E-state index in [1.165, 1.54) is 9.87 Å². The van der Waals surface area contributed by atoms with E-state index in [0.717, 1.165) is 11.4 Å². The highest BCUT2D eigenvalue weighted by Crippen LogP contribution is 2.26. The maximum Gasteiger partial charge on any atom is 0.243 e. The lowest BCUT2D eigenvalue weighted by Gasteiger charge is -2.26. The van der Waals surface area contributed by atoms with E-state index in [2.05, 4.69) is 5.10 Å². The zero-order valence-corrected chi connectivity index (χ0v) is 13.4. The van der Waals surface area contributed by atoms with Crippen molar-refractivity contribution in [2.24, 2.45) is 7.05 Å². The van der Waals surface area contributed by atoms with Crippen molar-refractivity contribution in [3.63, 3.8) is 0 Å². The molecule has 21 heavy (non-hydrogen) atoms. The quantitative estimate of drug-likeness (QED) is 0.850. The normalized spacial score (nSPS) is 16.0. The molecule has 1 aliphatic rings. The Bertz CT molecular complexity index is 781. The summed E-state index contributed by atoms with van der Waals surface area (Å²) in [5.74, 6) is 0. The smallest absolute Gasteiger partial charge is 0.243 e. The van der Waals surface area contributed by atoms with Crippen LogP contribution in [-0.4, -0.2) is 29.0 Å². The monoisotopic (exact) mass is 325 g/mol. The summed E-state index contributed by atoms with van der Waals surface area (Å²) >= 11 is 5.82. The third-order valence-electron chi connectivity index (χ3n) is 3.86. The maximum absolute atomic E-state index is 12.7. The molecule has 0 aliphatic carbocycles. The van der Waals surface area contributed by atoms with Gasteiger partial charge in [-0.15, -0.1) is 0 Å². The molecule has 0 fully saturated rings. The van der Waals surface area contributed by atoms with Crippen LogP contribution < -0.4 is 0 Å². The van der Waals surface area contributed by atoms with Crippen LogP contribution >= 0.6 is 11.6 Å². The van der Waals surface area contributed by atoms with Crippen molar-refractivity contribution in [3.8, 4) is 0 Å². The molecule has 3 rings (SSSR count). The number of fused-ring (bicyclic) bond motifs is 1. The van der Waals surface area contributed by atoms with E-state index < -0.39 is 10.0 Å². The Balaban J connectivity index is 1.95. The molecule has 112 valence electrons. The van der Waals surface area contributed by atoms with E-state index in [9.17, 15) is 8.42 Å². The molecular weight excluding hydrogens is 310 g/mol. The summed E-state index contributed by atoms with van der Waals surface area (Å²) in [6, 6.07) is 6.28. The Morgan fingerprint density at radius 2 is 1.90 bits per heavy atom. The lowest BCUT2D eigenvalue weighted by molar-refractivity contribution is 0.379. The third-order valence-corrected chi connectivity index (χ3v) is 5.98. The van der Waals surface area contributed by atoms with Crippen LogP contribution in [0.4, 0.5) is 0 Å². The fraction of sp³-hybridized carbons (Fsp3) is 0.357. The van der Waals surface area contributed by atoms with Gasteiger partial charge in [0, 0.05) is 18.6 Å². The molecule has 0 radical (unpaired) electrons. The SMILES string of the molecule is Cc1nn(C)c2c1CCN(S(=O)(=O)c1ccc(Cl)cc1)C2. The first-order valence-electron chi connectivity index (χ1n) is 6.66. The van der Waals surface area contributed by atoms with Gasteiger partial charge in [-0.2, -0.15) is 9.40 Å². The zero-order chi connectivity index (χ0) is 15.2. The minimum Gasteiger partial charge on any atom is -0.271 e. The third kappa shape index (κ3) is 2.47. The number of sulfonamides is 1. The number of aryl methyl sites for hydroxylation is 2. The fourth-order valence-electron chi connectivity index (χ4n) is 2.72. The number of halogens is 1. The highest BCUT2D eigenvalue weighted by molar-refractivity contribution is 7.89. The molecule has 2 aromatic rings. The Kier molecular flexibility index (Phi) is 3.55. The van der Waals surface area contributed by atoms with E-state index >= 15 is 0 Å². The Labute approximate surface area is 129 Å². The summed E-state index contributed by atoms with van der Waals surface area (Å²) in [5.41, 5.74) is 3.12. The van der Waals surface area contributed by atoms with Crippen LogP contribution in [0.3, 0.4) is 0 Å². The van der Waals surface area contributed by atoms with Gasteiger partial charge in [0.25, 0.3) is 0 Å². The number of aromatic nitrogens is 2. The molecule has 5 nitrogen and oxygen atoms in total. The van der Waals surface area contributed by atoms with Gasteiger partial charge in [-0.05, 0) is 43.2 Å². The molecule has 0 saturated heterocycles. The van der Waals surface area contributed by atoms with Crippen molar-refractivity contribution in [1.82, 2.24) is 14.1 Å². The van der Waals surface area contributed by atoms with Gasteiger partial charge in [0.05, 0.1) is 22.8 Å². The van der Waals surface area contributed by atoms with Gasteiger partial charge in [0.1, 0.15) is 0 Å². The van der Waals surface area contributed by atoms with Crippen LogP contribution in [0.5, 0.6) is 0 Å². The van der Waals surface area contributed by atoms with E-state index in [1.807, 2.05) is 14.0 Å². The molecule has 1 aromatic carbocycles. The van der Waals surface area contributed by atoms with Gasteiger partial charge < -0.3 is 0 Å². The highest BCUT2D eigenvalue weighted by atomic mass is 35.5. The topological polar surface area (TPSA) is 55.2 Å². The van der Waals surface area contributed by atoms with Crippen molar-refractivity contribution in [2.75, 3.05) is 6.54 Å². The second-order valence-electron chi connectivity index (χ2n) is 5.18. The first-order chi connectivity index (χ1) is 9.89. The molecule has 0 N–H and O–H groups in total. The van der Waals surface area contributed by atoms with Gasteiger partial charge in [0.2, 0.25) is 10.0 Å². The average Bonchev–Trinajstić information content (AvgIpc) is 2.74. The molecule has 0 amide bonds. The summed E-state index contributed by atoms with van der Waals surface area (Å²) in [6.45, 7) is 2.80. The molecule has 2 heterocycles. The molecule has 7 heteroatoms. The van der Waals surface area contributed by atoms with Gasteiger partial charge in [0.15, 0.2) is 0 Å². The van der Waals surface area contributed by atoms with Gasteiger partial charge >= 0.3 is 0 Å². The minimum atomic E-state index is -3.50. The lowest BCUT2D eigenvalue weighted by Crippen LogP contribution is -2.36. The van der Waals surface area contributed by atoms with Crippen molar-refractivity contribution >= 4 is 21.6 Å². The van der Waals surface area contributed by atoms with Crippen LogP contribution in [0.25, 0.3) is 0 Å². The maximum atomic E-state index is 12.7. The highest BCUT2D eigenvalue weighted by Gasteiger charge is 2.30. The number of rotatable bonds is 2. The fourth-order valence-corrected chi connectivity index (χ4v) is 4.24. The molecule has 1 aromatic heterocycles. The molecule has 1 aliphatic heterocycles. The van der Waals surface area contributed by atoms with Crippen molar-refractivity contribution in [1.29, 1.82) is 0 Å². The van der Waals surface area contributed by atoms with Crippen LogP contribution in [0.2, 0.25) is 5.02 Å². The lowest BCUT2D eigenvalue weighted by atomic mass is 10.1. The molecule has 0 unspecified atom stereocenters. The van der Waals surface area contributed by atoms with Crippen LogP contribution in [0.1, 0.15) is 17.0 Å². The first-order valence-corrected chi connectivity index (χ1v) is 8.48.